The lowest BCUT2D eigenvalue weighted by atomic mass is 10.1. The zero-order chi connectivity index (χ0) is 18.8. The predicted octanol–water partition coefficient (Wildman–Crippen LogP) is 5.22. The number of pyridine rings is 1. The molecule has 3 aromatic rings. The number of rotatable bonds is 6. The minimum absolute atomic E-state index is 0.666. The Morgan fingerprint density at radius 2 is 1.81 bits per heavy atom. The summed E-state index contributed by atoms with van der Waals surface area (Å²) in [5.74, 6) is 1.42. The minimum atomic E-state index is 0.666. The zero-order valence-corrected chi connectivity index (χ0v) is 16.7. The molecule has 4 rings (SSSR count). The van der Waals surface area contributed by atoms with E-state index in [0.29, 0.717) is 17.4 Å². The Balaban J connectivity index is 1.60. The van der Waals surface area contributed by atoms with Gasteiger partial charge in [-0.3, -0.25) is 0 Å². The number of hydrogen-bond acceptors (Lipinski definition) is 4. The summed E-state index contributed by atoms with van der Waals surface area (Å²) in [5.41, 5.74) is 2.88. The van der Waals surface area contributed by atoms with Gasteiger partial charge in [0.05, 0.1) is 29.8 Å². The highest BCUT2D eigenvalue weighted by atomic mass is 35.5. The molecule has 0 radical (unpaired) electrons. The molecule has 0 atom stereocenters. The van der Waals surface area contributed by atoms with E-state index < -0.39 is 0 Å². The second-order valence-corrected chi connectivity index (χ2v) is 7.60. The van der Waals surface area contributed by atoms with E-state index in [2.05, 4.69) is 24.0 Å². The van der Waals surface area contributed by atoms with Crippen molar-refractivity contribution in [3.63, 3.8) is 0 Å². The van der Waals surface area contributed by atoms with Gasteiger partial charge < -0.3 is 14.4 Å². The van der Waals surface area contributed by atoms with Crippen LogP contribution in [0.4, 0.5) is 0 Å². The van der Waals surface area contributed by atoms with Crippen molar-refractivity contribution in [2.45, 2.75) is 26.2 Å². The maximum absolute atomic E-state index is 6.69. The van der Waals surface area contributed by atoms with Crippen molar-refractivity contribution in [2.24, 2.45) is 0 Å². The Hall–Kier alpha value is -2.04. The fourth-order valence-electron chi connectivity index (χ4n) is 3.76. The van der Waals surface area contributed by atoms with Crippen LogP contribution in [-0.4, -0.2) is 43.2 Å². The number of fused-ring (bicyclic) bond motifs is 2. The Labute approximate surface area is 165 Å². The average molecular weight is 385 g/mol. The third kappa shape index (κ3) is 3.83. The summed E-state index contributed by atoms with van der Waals surface area (Å²) in [5, 5.41) is 2.55. The smallest absolute Gasteiger partial charge is 0.163 e. The first-order valence-corrected chi connectivity index (χ1v) is 9.96. The number of hydrogen-bond donors (Lipinski definition) is 0. The first-order chi connectivity index (χ1) is 13.2. The lowest BCUT2D eigenvalue weighted by Gasteiger charge is -2.16. The van der Waals surface area contributed by atoms with Crippen molar-refractivity contribution >= 4 is 33.4 Å². The fraction of sp³-hybridized carbons (Fsp3) is 0.409. The first kappa shape index (κ1) is 18.3. The average Bonchev–Trinajstić information content (AvgIpc) is 3.19. The second-order valence-electron chi connectivity index (χ2n) is 7.22. The predicted molar refractivity (Wildman–Crippen MR) is 111 cm³/mol. The number of benzene rings is 2. The van der Waals surface area contributed by atoms with Gasteiger partial charge in [-0.15, -0.1) is 0 Å². The van der Waals surface area contributed by atoms with Crippen molar-refractivity contribution in [1.82, 2.24) is 9.88 Å². The highest BCUT2D eigenvalue weighted by Crippen LogP contribution is 2.38. The molecule has 0 amide bonds. The third-order valence-corrected chi connectivity index (χ3v) is 5.63. The van der Waals surface area contributed by atoms with E-state index in [9.17, 15) is 0 Å². The highest BCUT2D eigenvalue weighted by Gasteiger charge is 2.14. The van der Waals surface area contributed by atoms with Gasteiger partial charge in [-0.25, -0.2) is 4.98 Å². The molecule has 0 aliphatic carbocycles. The maximum Gasteiger partial charge on any atom is 0.163 e. The van der Waals surface area contributed by atoms with E-state index in [1.54, 1.807) is 7.11 Å². The van der Waals surface area contributed by atoms with E-state index in [-0.39, 0.29) is 0 Å². The molecule has 1 saturated heterocycles. The van der Waals surface area contributed by atoms with Crippen LogP contribution in [0.3, 0.4) is 0 Å². The number of halogens is 1. The fourth-order valence-corrected chi connectivity index (χ4v) is 4.07. The molecule has 4 nitrogen and oxygen atoms in total. The Morgan fingerprint density at radius 3 is 2.59 bits per heavy atom. The van der Waals surface area contributed by atoms with Gasteiger partial charge in [-0.1, -0.05) is 23.2 Å². The molecule has 1 aliphatic rings. The van der Waals surface area contributed by atoms with Crippen LogP contribution in [0.1, 0.15) is 24.8 Å². The summed E-state index contributed by atoms with van der Waals surface area (Å²) in [6, 6.07) is 10.0. The summed E-state index contributed by atoms with van der Waals surface area (Å²) < 4.78 is 11.6. The quantitative estimate of drug-likeness (QED) is 0.431. The molecule has 27 heavy (non-hydrogen) atoms. The molecular formula is C22H25ClN2O2. The lowest BCUT2D eigenvalue weighted by molar-refractivity contribution is 0.254. The molecule has 1 fully saturated rings. The number of aromatic nitrogens is 1. The van der Waals surface area contributed by atoms with E-state index >= 15 is 0 Å². The standard InChI is InChI=1S/C22H25ClN2O2/c1-15-6-7-18-16(12-15)22(23)17-13-20(26-2)21(14-19(17)24-18)27-11-5-10-25-8-3-4-9-25/h6-7,12-14H,3-5,8-11H2,1-2H3. The molecule has 0 unspecified atom stereocenters. The molecule has 2 aromatic carbocycles. The first-order valence-electron chi connectivity index (χ1n) is 9.58. The SMILES string of the molecule is COc1cc2c(Cl)c3cc(C)ccc3nc2cc1OCCCN1CCCC1. The van der Waals surface area contributed by atoms with Crippen LogP contribution in [0.5, 0.6) is 11.5 Å². The highest BCUT2D eigenvalue weighted by molar-refractivity contribution is 6.40. The van der Waals surface area contributed by atoms with Crippen LogP contribution in [0, 0.1) is 6.92 Å². The summed E-state index contributed by atoms with van der Waals surface area (Å²) in [4.78, 5) is 7.28. The Morgan fingerprint density at radius 1 is 1.04 bits per heavy atom. The van der Waals surface area contributed by atoms with Crippen LogP contribution < -0.4 is 9.47 Å². The number of nitrogens with zero attached hydrogens (tertiary/aromatic N) is 2. The van der Waals surface area contributed by atoms with Gasteiger partial charge in [0.25, 0.3) is 0 Å². The van der Waals surface area contributed by atoms with Crippen molar-refractivity contribution in [1.29, 1.82) is 0 Å². The van der Waals surface area contributed by atoms with E-state index in [1.165, 1.54) is 25.9 Å². The summed E-state index contributed by atoms with van der Waals surface area (Å²) in [7, 11) is 1.66. The largest absolute Gasteiger partial charge is 0.493 e. The summed E-state index contributed by atoms with van der Waals surface area (Å²) in [6.07, 6.45) is 3.64. The monoisotopic (exact) mass is 384 g/mol. The molecule has 5 heteroatoms. The molecule has 2 heterocycles. The molecule has 142 valence electrons. The van der Waals surface area contributed by atoms with Crippen LogP contribution in [0.15, 0.2) is 30.3 Å². The molecular weight excluding hydrogens is 360 g/mol. The van der Waals surface area contributed by atoms with E-state index in [4.69, 9.17) is 26.1 Å². The zero-order valence-electron chi connectivity index (χ0n) is 15.9. The summed E-state index contributed by atoms with van der Waals surface area (Å²) in [6.45, 7) is 6.24. The Bertz CT molecular complexity index is 968. The number of likely N-dealkylation sites (tertiary alicyclic amines) is 1. The minimum Gasteiger partial charge on any atom is -0.493 e. The number of ether oxygens (including phenoxy) is 2. The topological polar surface area (TPSA) is 34.6 Å². The lowest BCUT2D eigenvalue weighted by Crippen LogP contribution is -2.21. The normalized spacial score (nSPS) is 14.9. The van der Waals surface area contributed by atoms with Gasteiger partial charge in [-0.2, -0.15) is 0 Å². The van der Waals surface area contributed by atoms with Crippen molar-refractivity contribution in [3.05, 3.63) is 40.9 Å². The van der Waals surface area contributed by atoms with Crippen LogP contribution in [0.2, 0.25) is 5.02 Å². The van der Waals surface area contributed by atoms with Gasteiger partial charge in [0.1, 0.15) is 0 Å². The molecule has 0 N–H and O–H groups in total. The van der Waals surface area contributed by atoms with Gasteiger partial charge in [0.15, 0.2) is 11.5 Å². The maximum atomic E-state index is 6.69. The number of aryl methyl sites for hydroxylation is 1. The number of methoxy groups -OCH3 is 1. The van der Waals surface area contributed by atoms with E-state index in [0.717, 1.165) is 46.1 Å². The van der Waals surface area contributed by atoms with Crippen molar-refractivity contribution in [2.75, 3.05) is 33.4 Å². The van der Waals surface area contributed by atoms with Crippen molar-refractivity contribution in [3.8, 4) is 11.5 Å². The molecule has 1 aromatic heterocycles. The molecule has 1 aliphatic heterocycles. The van der Waals surface area contributed by atoms with Crippen molar-refractivity contribution < 1.29 is 9.47 Å². The third-order valence-electron chi connectivity index (χ3n) is 5.22. The molecule has 0 spiro atoms. The van der Waals surface area contributed by atoms with Crippen LogP contribution >= 0.6 is 11.6 Å². The van der Waals surface area contributed by atoms with Crippen LogP contribution in [-0.2, 0) is 0 Å². The van der Waals surface area contributed by atoms with Gasteiger partial charge >= 0.3 is 0 Å². The molecule has 0 bridgehead atoms. The second kappa shape index (κ2) is 7.91. The summed E-state index contributed by atoms with van der Waals surface area (Å²) >= 11 is 6.69. The Kier molecular flexibility index (Phi) is 5.37. The molecule has 0 saturated carbocycles. The van der Waals surface area contributed by atoms with Gasteiger partial charge in [-0.05, 0) is 57.5 Å². The van der Waals surface area contributed by atoms with Gasteiger partial charge in [0.2, 0.25) is 0 Å². The van der Waals surface area contributed by atoms with E-state index in [1.807, 2.05) is 18.2 Å². The van der Waals surface area contributed by atoms with Gasteiger partial charge in [0, 0.05) is 23.4 Å². The van der Waals surface area contributed by atoms with Crippen LogP contribution in [0.25, 0.3) is 21.8 Å².